The quantitative estimate of drug-likeness (QED) is 0.707. The number of aromatic nitrogens is 1. The van der Waals surface area contributed by atoms with Gasteiger partial charge in [-0.2, -0.15) is 0 Å². The lowest BCUT2D eigenvalue weighted by molar-refractivity contribution is 0.0985. The number of anilines is 1. The van der Waals surface area contributed by atoms with Crippen molar-refractivity contribution < 1.29 is 4.79 Å². The minimum atomic E-state index is -0.0461. The minimum Gasteiger partial charge on any atom is -0.304 e. The van der Waals surface area contributed by atoms with Crippen LogP contribution >= 0.6 is 0 Å². The normalized spacial score (nSPS) is 10.4. The van der Waals surface area contributed by atoms with E-state index < -0.39 is 0 Å². The van der Waals surface area contributed by atoms with Gasteiger partial charge in [-0.05, 0) is 43.7 Å². The molecule has 1 heterocycles. The number of hydrogen-bond acceptors (Lipinski definition) is 2. The van der Waals surface area contributed by atoms with E-state index in [1.54, 1.807) is 11.1 Å². The number of nitrogens with zero attached hydrogens (tertiary/aromatic N) is 2. The molecule has 0 fully saturated rings. The number of benzene rings is 2. The van der Waals surface area contributed by atoms with Gasteiger partial charge >= 0.3 is 0 Å². The van der Waals surface area contributed by atoms with E-state index in [2.05, 4.69) is 4.98 Å². The summed E-state index contributed by atoms with van der Waals surface area (Å²) in [6, 6.07) is 21.7. The Labute approximate surface area is 142 Å². The first-order valence-corrected chi connectivity index (χ1v) is 7.98. The zero-order valence-corrected chi connectivity index (χ0v) is 13.9. The van der Waals surface area contributed by atoms with E-state index in [9.17, 15) is 4.79 Å². The molecule has 3 nitrogen and oxygen atoms in total. The van der Waals surface area contributed by atoms with Gasteiger partial charge in [-0.15, -0.1) is 0 Å². The first kappa shape index (κ1) is 15.9. The van der Waals surface area contributed by atoms with Gasteiger partial charge in [0.05, 0.1) is 12.1 Å². The fraction of sp³-hybridized carbons (Fsp3) is 0.143. The number of pyridine rings is 1. The van der Waals surface area contributed by atoms with Gasteiger partial charge in [0.25, 0.3) is 5.91 Å². The number of aryl methyl sites for hydroxylation is 2. The van der Waals surface area contributed by atoms with Gasteiger partial charge in [0, 0.05) is 17.6 Å². The van der Waals surface area contributed by atoms with E-state index in [1.165, 1.54) is 5.56 Å². The summed E-state index contributed by atoms with van der Waals surface area (Å²) in [5.41, 5.74) is 4.64. The lowest BCUT2D eigenvalue weighted by Crippen LogP contribution is -2.30. The molecule has 0 saturated carbocycles. The van der Waals surface area contributed by atoms with Crippen molar-refractivity contribution >= 4 is 11.6 Å². The molecule has 3 heteroatoms. The van der Waals surface area contributed by atoms with E-state index in [4.69, 9.17) is 0 Å². The zero-order valence-electron chi connectivity index (χ0n) is 13.9. The van der Waals surface area contributed by atoms with Crippen LogP contribution in [0.3, 0.4) is 0 Å². The highest BCUT2D eigenvalue weighted by Crippen LogP contribution is 2.21. The highest BCUT2D eigenvalue weighted by Gasteiger charge is 2.18. The monoisotopic (exact) mass is 316 g/mol. The number of hydrogen-bond donors (Lipinski definition) is 0. The first-order chi connectivity index (χ1) is 11.6. The van der Waals surface area contributed by atoms with Crippen LogP contribution in [0.25, 0.3) is 0 Å². The fourth-order valence-corrected chi connectivity index (χ4v) is 2.52. The Morgan fingerprint density at radius 2 is 1.62 bits per heavy atom. The molecule has 0 aliphatic carbocycles. The van der Waals surface area contributed by atoms with E-state index in [0.29, 0.717) is 12.1 Å². The van der Waals surface area contributed by atoms with Crippen molar-refractivity contribution in [1.82, 2.24) is 4.98 Å². The lowest BCUT2D eigenvalue weighted by Gasteiger charge is -2.23. The largest absolute Gasteiger partial charge is 0.304 e. The molecule has 1 amide bonds. The van der Waals surface area contributed by atoms with Crippen LogP contribution in [0, 0.1) is 13.8 Å². The summed E-state index contributed by atoms with van der Waals surface area (Å²) in [5.74, 6) is -0.0461. The third-order valence-electron chi connectivity index (χ3n) is 3.93. The molecule has 0 aliphatic rings. The average molecular weight is 316 g/mol. The molecular weight excluding hydrogens is 296 g/mol. The molecule has 0 radical (unpaired) electrons. The fourth-order valence-electron chi connectivity index (χ4n) is 2.52. The van der Waals surface area contributed by atoms with Crippen molar-refractivity contribution in [2.75, 3.05) is 4.90 Å². The van der Waals surface area contributed by atoms with Gasteiger partial charge in [0.1, 0.15) is 0 Å². The zero-order chi connectivity index (χ0) is 16.9. The van der Waals surface area contributed by atoms with E-state index in [1.807, 2.05) is 80.6 Å². The molecule has 0 unspecified atom stereocenters. The third-order valence-corrected chi connectivity index (χ3v) is 3.93. The summed E-state index contributed by atoms with van der Waals surface area (Å²) in [6.45, 7) is 4.48. The van der Waals surface area contributed by atoms with Crippen LogP contribution in [0.1, 0.15) is 27.2 Å². The Kier molecular flexibility index (Phi) is 4.71. The highest BCUT2D eigenvalue weighted by atomic mass is 16.2. The van der Waals surface area contributed by atoms with Crippen molar-refractivity contribution in [1.29, 1.82) is 0 Å². The van der Waals surface area contributed by atoms with Crippen LogP contribution in [0.5, 0.6) is 0 Å². The van der Waals surface area contributed by atoms with Gasteiger partial charge in [-0.1, -0.05) is 48.0 Å². The number of rotatable bonds is 4. The van der Waals surface area contributed by atoms with Crippen LogP contribution < -0.4 is 4.90 Å². The van der Waals surface area contributed by atoms with Gasteiger partial charge in [-0.3, -0.25) is 9.78 Å². The van der Waals surface area contributed by atoms with Crippen molar-refractivity contribution in [3.63, 3.8) is 0 Å². The summed E-state index contributed by atoms with van der Waals surface area (Å²) in [6.07, 6.45) is 1.64. The van der Waals surface area contributed by atoms with Gasteiger partial charge in [0.15, 0.2) is 0 Å². The molecule has 0 aliphatic heterocycles. The topological polar surface area (TPSA) is 33.2 Å². The smallest absolute Gasteiger partial charge is 0.260 e. The van der Waals surface area contributed by atoms with E-state index in [-0.39, 0.29) is 5.91 Å². The second-order valence-electron chi connectivity index (χ2n) is 5.90. The summed E-state index contributed by atoms with van der Waals surface area (Å²) < 4.78 is 0. The summed E-state index contributed by atoms with van der Waals surface area (Å²) in [5, 5.41) is 0. The molecular formula is C21H20N2O. The summed E-state index contributed by atoms with van der Waals surface area (Å²) in [7, 11) is 0. The number of carbonyl (C=O) groups is 1. The maximum atomic E-state index is 13.0. The molecule has 3 rings (SSSR count). The van der Waals surface area contributed by atoms with E-state index in [0.717, 1.165) is 16.9 Å². The lowest BCUT2D eigenvalue weighted by atomic mass is 10.1. The highest BCUT2D eigenvalue weighted by molar-refractivity contribution is 6.05. The second kappa shape index (κ2) is 7.09. The van der Waals surface area contributed by atoms with Gasteiger partial charge < -0.3 is 4.90 Å². The molecule has 120 valence electrons. The maximum absolute atomic E-state index is 13.0. The van der Waals surface area contributed by atoms with Crippen molar-refractivity contribution in [3.8, 4) is 0 Å². The van der Waals surface area contributed by atoms with Crippen LogP contribution in [0.4, 0.5) is 5.69 Å². The Hall–Kier alpha value is -2.94. The maximum Gasteiger partial charge on any atom is 0.260 e. The van der Waals surface area contributed by atoms with Crippen LogP contribution in [-0.4, -0.2) is 10.9 Å². The van der Waals surface area contributed by atoms with Crippen molar-refractivity contribution in [2.45, 2.75) is 20.4 Å². The SMILES string of the molecule is Cc1ccc(N(Cc2ccccc2)C(=O)c2ccc(C)nc2)cc1. The molecule has 0 spiro atoms. The van der Waals surface area contributed by atoms with Gasteiger partial charge in [-0.25, -0.2) is 0 Å². The average Bonchev–Trinajstić information content (AvgIpc) is 2.62. The number of carbonyl (C=O) groups excluding carboxylic acids is 1. The number of amides is 1. The Morgan fingerprint density at radius 1 is 0.917 bits per heavy atom. The first-order valence-electron chi connectivity index (χ1n) is 7.98. The molecule has 0 saturated heterocycles. The molecule has 2 aromatic carbocycles. The Bertz CT molecular complexity index is 809. The van der Waals surface area contributed by atoms with Gasteiger partial charge in [0.2, 0.25) is 0 Å². The van der Waals surface area contributed by atoms with E-state index >= 15 is 0 Å². The van der Waals surface area contributed by atoms with Crippen LogP contribution in [-0.2, 0) is 6.54 Å². The minimum absolute atomic E-state index is 0.0461. The van der Waals surface area contributed by atoms with Crippen molar-refractivity contribution in [2.24, 2.45) is 0 Å². The predicted octanol–water partition coefficient (Wildman–Crippen LogP) is 4.55. The second-order valence-corrected chi connectivity index (χ2v) is 5.90. The molecule has 1 aromatic heterocycles. The standard InChI is InChI=1S/C21H20N2O/c1-16-8-12-20(13-9-16)23(15-18-6-4-3-5-7-18)21(24)19-11-10-17(2)22-14-19/h3-14H,15H2,1-2H3. The summed E-state index contributed by atoms with van der Waals surface area (Å²) >= 11 is 0. The Morgan fingerprint density at radius 3 is 2.25 bits per heavy atom. The molecule has 0 atom stereocenters. The molecule has 0 bridgehead atoms. The van der Waals surface area contributed by atoms with Crippen molar-refractivity contribution in [3.05, 3.63) is 95.3 Å². The molecule has 3 aromatic rings. The molecule has 24 heavy (non-hydrogen) atoms. The Balaban J connectivity index is 1.96. The van der Waals surface area contributed by atoms with Crippen LogP contribution in [0.2, 0.25) is 0 Å². The molecule has 0 N–H and O–H groups in total. The predicted molar refractivity (Wildman–Crippen MR) is 97.1 cm³/mol. The summed E-state index contributed by atoms with van der Waals surface area (Å²) in [4.78, 5) is 19.1. The van der Waals surface area contributed by atoms with Crippen LogP contribution in [0.15, 0.2) is 72.9 Å². The third kappa shape index (κ3) is 3.69.